The van der Waals surface area contributed by atoms with Crippen LogP contribution >= 0.6 is 0 Å². The predicted octanol–water partition coefficient (Wildman–Crippen LogP) is 3.07. The average molecular weight is 220 g/mol. The minimum atomic E-state index is -0.590. The molecule has 0 fully saturated rings. The quantitative estimate of drug-likeness (QED) is 0.841. The highest BCUT2D eigenvalue weighted by Gasteiger charge is 2.03. The number of rotatable bonds is 2. The second-order valence-electron chi connectivity index (χ2n) is 3.34. The average Bonchev–Trinajstić information content (AvgIpc) is 2.28. The fraction of sp³-hybridized carbons (Fsp3) is 0.0833. The maximum absolute atomic E-state index is 13.0. The summed E-state index contributed by atoms with van der Waals surface area (Å²) in [5.41, 5.74) is 1.16. The zero-order valence-electron chi connectivity index (χ0n) is 8.67. The molecule has 0 saturated carbocycles. The Morgan fingerprint density at radius 1 is 1.00 bits per heavy atom. The first-order valence-electron chi connectivity index (χ1n) is 4.79. The molecule has 0 aliphatic carbocycles. The van der Waals surface area contributed by atoms with Gasteiger partial charge in [-0.25, -0.2) is 13.8 Å². The molecule has 2 nitrogen and oxygen atoms in total. The Labute approximate surface area is 92.0 Å². The van der Waals surface area contributed by atoms with Crippen molar-refractivity contribution < 1.29 is 8.78 Å². The minimum Gasteiger partial charge on any atom is -0.373 e. The van der Waals surface area contributed by atoms with E-state index < -0.39 is 11.6 Å². The van der Waals surface area contributed by atoms with Crippen molar-refractivity contribution in [3.8, 4) is 11.1 Å². The maximum atomic E-state index is 13.0. The maximum Gasteiger partial charge on any atom is 0.126 e. The van der Waals surface area contributed by atoms with Gasteiger partial charge in [0, 0.05) is 24.9 Å². The van der Waals surface area contributed by atoms with Gasteiger partial charge in [0.2, 0.25) is 0 Å². The monoisotopic (exact) mass is 220 g/mol. The second kappa shape index (κ2) is 4.26. The molecule has 0 spiro atoms. The first kappa shape index (κ1) is 10.5. The lowest BCUT2D eigenvalue weighted by atomic mass is 10.1. The molecule has 0 bridgehead atoms. The molecule has 0 amide bonds. The largest absolute Gasteiger partial charge is 0.373 e. The third-order valence-electron chi connectivity index (χ3n) is 2.22. The smallest absolute Gasteiger partial charge is 0.126 e. The summed E-state index contributed by atoms with van der Waals surface area (Å²) in [6.45, 7) is 0. The fourth-order valence-corrected chi connectivity index (χ4v) is 1.43. The van der Waals surface area contributed by atoms with E-state index in [1.165, 1.54) is 12.1 Å². The molecule has 0 saturated heterocycles. The number of benzene rings is 1. The summed E-state index contributed by atoms with van der Waals surface area (Å²) in [7, 11) is 1.75. The van der Waals surface area contributed by atoms with Gasteiger partial charge in [0.15, 0.2) is 0 Å². The van der Waals surface area contributed by atoms with Crippen LogP contribution < -0.4 is 5.32 Å². The minimum absolute atomic E-state index is 0.479. The molecule has 1 aromatic heterocycles. The summed E-state index contributed by atoms with van der Waals surface area (Å²) >= 11 is 0. The molecule has 0 unspecified atom stereocenters. The van der Waals surface area contributed by atoms with Crippen LogP contribution in [0.5, 0.6) is 0 Å². The van der Waals surface area contributed by atoms with E-state index in [1.54, 1.807) is 25.4 Å². The van der Waals surface area contributed by atoms with Gasteiger partial charge < -0.3 is 5.32 Å². The van der Waals surface area contributed by atoms with Crippen molar-refractivity contribution >= 4 is 5.82 Å². The van der Waals surface area contributed by atoms with E-state index in [4.69, 9.17) is 0 Å². The molecule has 82 valence electrons. The van der Waals surface area contributed by atoms with E-state index in [1.807, 2.05) is 0 Å². The van der Waals surface area contributed by atoms with E-state index in [0.717, 1.165) is 6.07 Å². The van der Waals surface area contributed by atoms with Gasteiger partial charge in [0.25, 0.3) is 0 Å². The Hall–Kier alpha value is -1.97. The molecular formula is C12H10F2N2. The van der Waals surface area contributed by atoms with Gasteiger partial charge in [-0.05, 0) is 29.8 Å². The predicted molar refractivity (Wildman–Crippen MR) is 59.1 cm³/mol. The Bertz CT molecular complexity index is 475. The van der Waals surface area contributed by atoms with Gasteiger partial charge in [-0.2, -0.15) is 0 Å². The molecule has 0 aliphatic rings. The van der Waals surface area contributed by atoms with Crippen LogP contribution in [0, 0.1) is 11.6 Å². The van der Waals surface area contributed by atoms with E-state index in [2.05, 4.69) is 10.3 Å². The van der Waals surface area contributed by atoms with Crippen LogP contribution in [0.4, 0.5) is 14.6 Å². The standard InChI is InChI=1S/C12H10F2N2/c1-15-12-3-2-8(7-16-12)9-4-10(13)6-11(14)5-9/h2-7H,1H3,(H,15,16). The number of nitrogens with zero attached hydrogens (tertiary/aromatic N) is 1. The third-order valence-corrected chi connectivity index (χ3v) is 2.22. The number of nitrogens with one attached hydrogen (secondary N) is 1. The Kier molecular flexibility index (Phi) is 2.81. The van der Waals surface area contributed by atoms with Gasteiger partial charge in [-0.3, -0.25) is 0 Å². The Morgan fingerprint density at radius 3 is 2.19 bits per heavy atom. The topological polar surface area (TPSA) is 24.9 Å². The summed E-state index contributed by atoms with van der Waals surface area (Å²) in [6.07, 6.45) is 1.57. The first-order valence-corrected chi connectivity index (χ1v) is 4.79. The van der Waals surface area contributed by atoms with Crippen molar-refractivity contribution in [3.05, 3.63) is 48.2 Å². The van der Waals surface area contributed by atoms with Crippen LogP contribution in [0.1, 0.15) is 0 Å². The van der Waals surface area contributed by atoms with Gasteiger partial charge in [0.05, 0.1) is 0 Å². The molecule has 2 aromatic rings. The SMILES string of the molecule is CNc1ccc(-c2cc(F)cc(F)c2)cn1. The number of halogens is 2. The molecule has 1 N–H and O–H groups in total. The van der Waals surface area contributed by atoms with Gasteiger partial charge in [0.1, 0.15) is 17.5 Å². The summed E-state index contributed by atoms with van der Waals surface area (Å²) < 4.78 is 26.0. The lowest BCUT2D eigenvalue weighted by Crippen LogP contribution is -1.91. The molecular weight excluding hydrogens is 210 g/mol. The molecule has 0 radical (unpaired) electrons. The summed E-state index contributed by atoms with van der Waals surface area (Å²) in [5, 5.41) is 2.87. The van der Waals surface area contributed by atoms with Crippen molar-refractivity contribution in [1.29, 1.82) is 0 Å². The molecule has 2 rings (SSSR count). The highest BCUT2D eigenvalue weighted by molar-refractivity contribution is 5.63. The molecule has 0 aliphatic heterocycles. The van der Waals surface area contributed by atoms with Crippen LogP contribution in [0.25, 0.3) is 11.1 Å². The van der Waals surface area contributed by atoms with Gasteiger partial charge in [-0.15, -0.1) is 0 Å². The van der Waals surface area contributed by atoms with Gasteiger partial charge in [-0.1, -0.05) is 0 Å². The third kappa shape index (κ3) is 2.16. The summed E-state index contributed by atoms with van der Waals surface area (Å²) in [5.74, 6) is -0.471. The zero-order chi connectivity index (χ0) is 11.5. The number of aromatic nitrogens is 1. The first-order chi connectivity index (χ1) is 7.69. The second-order valence-corrected chi connectivity index (χ2v) is 3.34. The number of anilines is 1. The lowest BCUT2D eigenvalue weighted by molar-refractivity contribution is 0.584. The lowest BCUT2D eigenvalue weighted by Gasteiger charge is -2.03. The van der Waals surface area contributed by atoms with Crippen molar-refractivity contribution in [1.82, 2.24) is 4.98 Å². The Balaban J connectivity index is 2.42. The molecule has 0 atom stereocenters. The van der Waals surface area contributed by atoms with Crippen molar-refractivity contribution in [2.75, 3.05) is 12.4 Å². The molecule has 1 aromatic carbocycles. The van der Waals surface area contributed by atoms with E-state index >= 15 is 0 Å². The van der Waals surface area contributed by atoms with Gasteiger partial charge >= 0.3 is 0 Å². The van der Waals surface area contributed by atoms with Crippen molar-refractivity contribution in [2.45, 2.75) is 0 Å². The van der Waals surface area contributed by atoms with Crippen molar-refractivity contribution in [2.24, 2.45) is 0 Å². The molecule has 16 heavy (non-hydrogen) atoms. The van der Waals surface area contributed by atoms with Crippen LogP contribution in [0.3, 0.4) is 0 Å². The number of hydrogen-bond donors (Lipinski definition) is 1. The molecule has 4 heteroatoms. The van der Waals surface area contributed by atoms with Crippen molar-refractivity contribution in [3.63, 3.8) is 0 Å². The van der Waals surface area contributed by atoms with E-state index in [-0.39, 0.29) is 0 Å². The van der Waals surface area contributed by atoms with E-state index in [9.17, 15) is 8.78 Å². The summed E-state index contributed by atoms with van der Waals surface area (Å²) in [4.78, 5) is 4.08. The fourth-order valence-electron chi connectivity index (χ4n) is 1.43. The Morgan fingerprint density at radius 2 is 1.69 bits per heavy atom. The van der Waals surface area contributed by atoms with Crippen LogP contribution in [-0.4, -0.2) is 12.0 Å². The number of pyridine rings is 1. The highest BCUT2D eigenvalue weighted by Crippen LogP contribution is 2.21. The normalized spacial score (nSPS) is 10.2. The summed E-state index contributed by atoms with van der Waals surface area (Å²) in [6, 6.07) is 6.91. The highest BCUT2D eigenvalue weighted by atomic mass is 19.1. The van der Waals surface area contributed by atoms with Crippen LogP contribution in [-0.2, 0) is 0 Å². The zero-order valence-corrected chi connectivity index (χ0v) is 8.67. The van der Waals surface area contributed by atoms with E-state index in [0.29, 0.717) is 16.9 Å². The van der Waals surface area contributed by atoms with Crippen LogP contribution in [0.15, 0.2) is 36.5 Å². The van der Waals surface area contributed by atoms with Crippen LogP contribution in [0.2, 0.25) is 0 Å². The molecule has 1 heterocycles. The number of hydrogen-bond acceptors (Lipinski definition) is 2.